The summed E-state index contributed by atoms with van der Waals surface area (Å²) in [6.07, 6.45) is 3.28. The van der Waals surface area contributed by atoms with Gasteiger partial charge in [0.25, 0.3) is 0 Å². The van der Waals surface area contributed by atoms with E-state index in [1.807, 2.05) is 30.5 Å². The van der Waals surface area contributed by atoms with E-state index < -0.39 is 0 Å². The molecule has 0 aliphatic heterocycles. The van der Waals surface area contributed by atoms with Crippen molar-refractivity contribution < 1.29 is 14.2 Å². The maximum absolute atomic E-state index is 13.7. The van der Waals surface area contributed by atoms with Crippen LogP contribution < -0.4 is 10.5 Å². The van der Waals surface area contributed by atoms with Crippen molar-refractivity contribution in [2.24, 2.45) is 0 Å². The van der Waals surface area contributed by atoms with Crippen molar-refractivity contribution in [3.05, 3.63) is 66.9 Å². The number of nitrogen functional groups attached to an aromatic ring is 1. The molecule has 136 valence electrons. The van der Waals surface area contributed by atoms with Gasteiger partial charge < -0.3 is 20.1 Å². The molecule has 7 heteroatoms. The van der Waals surface area contributed by atoms with Crippen LogP contribution in [0.3, 0.4) is 0 Å². The van der Waals surface area contributed by atoms with Crippen LogP contribution in [0.25, 0.3) is 27.8 Å². The summed E-state index contributed by atoms with van der Waals surface area (Å²) < 4.78 is 20.9. The molecule has 3 N–H and O–H groups in total. The first kappa shape index (κ1) is 17.0. The average molecular weight is 364 g/mol. The number of aromatic nitrogens is 3. The van der Waals surface area contributed by atoms with Crippen LogP contribution in [0.1, 0.15) is 0 Å². The number of hydrogen-bond donors (Lipinski definition) is 2. The predicted octanol–water partition coefficient (Wildman–Crippen LogP) is 3.18. The van der Waals surface area contributed by atoms with Crippen LogP contribution in [0.2, 0.25) is 0 Å². The smallest absolute Gasteiger partial charge is 0.151 e. The molecule has 0 spiro atoms. The fraction of sp³-hybridized carbons (Fsp3) is 0.100. The number of benzene rings is 2. The molecule has 0 fully saturated rings. The fourth-order valence-corrected chi connectivity index (χ4v) is 3.02. The lowest BCUT2D eigenvalue weighted by Crippen LogP contribution is -2.01. The van der Waals surface area contributed by atoms with E-state index in [-0.39, 0.29) is 19.0 Å². The van der Waals surface area contributed by atoms with E-state index in [0.717, 1.165) is 11.1 Å². The number of rotatable bonds is 5. The molecule has 0 unspecified atom stereocenters. The predicted molar refractivity (Wildman–Crippen MR) is 101 cm³/mol. The molecule has 27 heavy (non-hydrogen) atoms. The molecule has 0 aliphatic rings. The van der Waals surface area contributed by atoms with E-state index in [0.29, 0.717) is 28.3 Å². The Balaban J connectivity index is 1.86. The molecular weight excluding hydrogens is 347 g/mol. The summed E-state index contributed by atoms with van der Waals surface area (Å²) in [6.45, 7) is 0.195. The van der Waals surface area contributed by atoms with E-state index >= 15 is 0 Å². The zero-order chi connectivity index (χ0) is 18.8. The maximum Gasteiger partial charge on any atom is 0.151 e. The van der Waals surface area contributed by atoms with E-state index in [9.17, 15) is 4.39 Å². The molecule has 0 amide bonds. The highest BCUT2D eigenvalue weighted by molar-refractivity contribution is 5.98. The summed E-state index contributed by atoms with van der Waals surface area (Å²) in [5.41, 5.74) is 9.78. The topological polar surface area (TPSA) is 86.2 Å². The Morgan fingerprint density at radius 3 is 2.67 bits per heavy atom. The number of nitrogens with two attached hydrogens (primary N) is 1. The third kappa shape index (κ3) is 3.20. The summed E-state index contributed by atoms with van der Waals surface area (Å²) in [4.78, 5) is 8.47. The van der Waals surface area contributed by atoms with Gasteiger partial charge in [0.05, 0.1) is 6.61 Å². The Labute approximate surface area is 154 Å². The van der Waals surface area contributed by atoms with Crippen LogP contribution in [0, 0.1) is 5.82 Å². The van der Waals surface area contributed by atoms with Gasteiger partial charge in [0.15, 0.2) is 5.82 Å². The second-order valence-corrected chi connectivity index (χ2v) is 5.95. The van der Waals surface area contributed by atoms with Crippen molar-refractivity contribution in [1.29, 1.82) is 0 Å². The standard InChI is InChI=1S/C20H17FN4O2/c21-14-2-1-3-15(10-14)25-11-17(18-19(25)20(22)24-12-23-18)13-4-6-16(7-5-13)27-9-8-26/h1-7,10-12,26H,8-9H2,(H2,22,23,24). The second-order valence-electron chi connectivity index (χ2n) is 5.95. The zero-order valence-electron chi connectivity index (χ0n) is 14.3. The van der Waals surface area contributed by atoms with Gasteiger partial charge in [-0.15, -0.1) is 0 Å². The normalized spacial score (nSPS) is 11.0. The monoisotopic (exact) mass is 364 g/mol. The number of anilines is 1. The molecular formula is C20H17FN4O2. The van der Waals surface area contributed by atoms with E-state index in [2.05, 4.69) is 9.97 Å². The maximum atomic E-state index is 13.7. The van der Waals surface area contributed by atoms with E-state index in [1.54, 1.807) is 16.7 Å². The van der Waals surface area contributed by atoms with Crippen LogP contribution >= 0.6 is 0 Å². The fourth-order valence-electron chi connectivity index (χ4n) is 3.02. The quantitative estimate of drug-likeness (QED) is 0.568. The largest absolute Gasteiger partial charge is 0.491 e. The highest BCUT2D eigenvalue weighted by atomic mass is 19.1. The van der Waals surface area contributed by atoms with Gasteiger partial charge >= 0.3 is 0 Å². The lowest BCUT2D eigenvalue weighted by Gasteiger charge is -2.06. The van der Waals surface area contributed by atoms with Crippen molar-refractivity contribution >= 4 is 16.9 Å². The minimum absolute atomic E-state index is 0.0426. The van der Waals surface area contributed by atoms with Gasteiger partial charge in [-0.3, -0.25) is 0 Å². The summed E-state index contributed by atoms with van der Waals surface area (Å²) >= 11 is 0. The Bertz CT molecular complexity index is 1090. The molecule has 0 saturated heterocycles. The van der Waals surface area contributed by atoms with Crippen LogP contribution in [-0.2, 0) is 0 Å². The van der Waals surface area contributed by atoms with Gasteiger partial charge in [-0.1, -0.05) is 18.2 Å². The van der Waals surface area contributed by atoms with Gasteiger partial charge in [0.1, 0.15) is 35.5 Å². The van der Waals surface area contributed by atoms with Crippen LogP contribution in [0.5, 0.6) is 5.75 Å². The number of ether oxygens (including phenoxy) is 1. The van der Waals surface area contributed by atoms with Gasteiger partial charge in [-0.2, -0.15) is 0 Å². The number of aliphatic hydroxyl groups is 1. The van der Waals surface area contributed by atoms with Gasteiger partial charge in [0.2, 0.25) is 0 Å². The summed E-state index contributed by atoms with van der Waals surface area (Å²) in [5.74, 6) is 0.644. The molecule has 4 rings (SSSR count). The molecule has 4 aromatic rings. The van der Waals surface area contributed by atoms with Gasteiger partial charge in [0, 0.05) is 17.4 Å². The summed E-state index contributed by atoms with van der Waals surface area (Å²) in [7, 11) is 0. The molecule has 2 aromatic heterocycles. The van der Waals surface area contributed by atoms with E-state index in [1.165, 1.54) is 18.5 Å². The first-order chi connectivity index (χ1) is 13.2. The molecule has 0 atom stereocenters. The molecule has 0 saturated carbocycles. The highest BCUT2D eigenvalue weighted by Crippen LogP contribution is 2.34. The Morgan fingerprint density at radius 2 is 1.93 bits per heavy atom. The number of fused-ring (bicyclic) bond motifs is 1. The highest BCUT2D eigenvalue weighted by Gasteiger charge is 2.16. The Hall–Kier alpha value is -3.45. The molecule has 0 aliphatic carbocycles. The van der Waals surface area contributed by atoms with Gasteiger partial charge in [-0.25, -0.2) is 14.4 Å². The first-order valence-electron chi connectivity index (χ1n) is 8.39. The van der Waals surface area contributed by atoms with Crippen LogP contribution in [0.4, 0.5) is 10.2 Å². The van der Waals surface area contributed by atoms with Crippen molar-refractivity contribution in [1.82, 2.24) is 14.5 Å². The Kier molecular flexibility index (Phi) is 4.43. The second kappa shape index (κ2) is 7.05. The third-order valence-corrected chi connectivity index (χ3v) is 4.22. The van der Waals surface area contributed by atoms with Crippen LogP contribution in [0.15, 0.2) is 61.1 Å². The molecule has 6 nitrogen and oxygen atoms in total. The number of aliphatic hydroxyl groups excluding tert-OH is 1. The SMILES string of the molecule is Nc1ncnc2c(-c3ccc(OCCO)cc3)cn(-c3cccc(F)c3)c12. The van der Waals surface area contributed by atoms with Crippen molar-refractivity contribution in [2.75, 3.05) is 18.9 Å². The minimum Gasteiger partial charge on any atom is -0.491 e. The number of nitrogens with zero attached hydrogens (tertiary/aromatic N) is 3. The van der Waals surface area contributed by atoms with Crippen molar-refractivity contribution in [3.8, 4) is 22.6 Å². The summed E-state index contributed by atoms with van der Waals surface area (Å²) in [6, 6.07) is 13.7. The molecule has 2 aromatic carbocycles. The van der Waals surface area contributed by atoms with Gasteiger partial charge in [-0.05, 0) is 35.9 Å². The van der Waals surface area contributed by atoms with Crippen molar-refractivity contribution in [3.63, 3.8) is 0 Å². The van der Waals surface area contributed by atoms with Crippen LogP contribution in [-0.4, -0.2) is 32.9 Å². The Morgan fingerprint density at radius 1 is 1.11 bits per heavy atom. The lowest BCUT2D eigenvalue weighted by atomic mass is 10.1. The molecule has 2 heterocycles. The summed E-state index contributed by atoms with van der Waals surface area (Å²) in [5, 5.41) is 8.85. The van der Waals surface area contributed by atoms with E-state index in [4.69, 9.17) is 15.6 Å². The minimum atomic E-state index is -0.336. The molecule has 0 bridgehead atoms. The average Bonchev–Trinajstić information content (AvgIpc) is 3.08. The first-order valence-corrected chi connectivity index (χ1v) is 8.39. The lowest BCUT2D eigenvalue weighted by molar-refractivity contribution is 0.201. The van der Waals surface area contributed by atoms with Crippen molar-refractivity contribution in [2.45, 2.75) is 0 Å². The molecule has 0 radical (unpaired) electrons. The number of hydrogen-bond acceptors (Lipinski definition) is 5. The zero-order valence-corrected chi connectivity index (χ0v) is 14.3. The number of halogens is 1. The third-order valence-electron chi connectivity index (χ3n) is 4.22.